The van der Waals surface area contributed by atoms with E-state index in [0.717, 1.165) is 10.7 Å². The van der Waals surface area contributed by atoms with Crippen LogP contribution in [0.5, 0.6) is 0 Å². The lowest BCUT2D eigenvalue weighted by molar-refractivity contribution is 0.255. The number of piperidine rings is 1. The van der Waals surface area contributed by atoms with Gasteiger partial charge in [0.15, 0.2) is 0 Å². The minimum Gasteiger partial charge on any atom is -0.389 e. The maximum atomic E-state index is 5.82. The van der Waals surface area contributed by atoms with Crippen LogP contribution in [0.3, 0.4) is 0 Å². The lowest BCUT2D eigenvalue weighted by Crippen LogP contribution is -2.29. The van der Waals surface area contributed by atoms with Gasteiger partial charge >= 0.3 is 0 Å². The van der Waals surface area contributed by atoms with Crippen LogP contribution in [-0.2, 0) is 0 Å². The molecule has 1 aromatic heterocycles. The zero-order chi connectivity index (χ0) is 10.1. The highest BCUT2D eigenvalue weighted by atomic mass is 32.1. The van der Waals surface area contributed by atoms with Crippen molar-refractivity contribution in [2.24, 2.45) is 0 Å². The number of nitrogens with two attached hydrogens (primary N) is 1. The normalized spacial score (nSPS) is 20.1. The monoisotopic (exact) mass is 211 g/mol. The minimum atomic E-state index is 0.646. The number of thiazole rings is 1. The first-order chi connectivity index (χ1) is 6.66. The molecular weight excluding hydrogens is 194 g/mol. The summed E-state index contributed by atoms with van der Waals surface area (Å²) in [6.07, 6.45) is 2.45. The van der Waals surface area contributed by atoms with Crippen LogP contribution < -0.4 is 5.73 Å². The van der Waals surface area contributed by atoms with E-state index in [9.17, 15) is 0 Å². The summed E-state index contributed by atoms with van der Waals surface area (Å²) in [6, 6.07) is 0. The van der Waals surface area contributed by atoms with Gasteiger partial charge in [-0.25, -0.2) is 4.98 Å². The SMILES string of the molecule is Cc1nc(C2CCN(C)CC2)sc1N. The smallest absolute Gasteiger partial charge is 0.109 e. The van der Waals surface area contributed by atoms with E-state index in [1.54, 1.807) is 11.3 Å². The van der Waals surface area contributed by atoms with Crippen molar-refractivity contribution in [1.29, 1.82) is 0 Å². The van der Waals surface area contributed by atoms with Crippen molar-refractivity contribution in [2.75, 3.05) is 25.9 Å². The molecule has 14 heavy (non-hydrogen) atoms. The van der Waals surface area contributed by atoms with Crippen LogP contribution >= 0.6 is 11.3 Å². The lowest BCUT2D eigenvalue weighted by Gasteiger charge is -2.27. The molecule has 78 valence electrons. The Bertz CT molecular complexity index is 294. The summed E-state index contributed by atoms with van der Waals surface area (Å²) in [6.45, 7) is 4.36. The number of aromatic nitrogens is 1. The second-order valence-electron chi connectivity index (χ2n) is 4.08. The van der Waals surface area contributed by atoms with Crippen LogP contribution in [0, 0.1) is 6.92 Å². The van der Waals surface area contributed by atoms with Crippen molar-refractivity contribution in [3.63, 3.8) is 0 Å². The van der Waals surface area contributed by atoms with Gasteiger partial charge in [0.05, 0.1) is 10.7 Å². The number of anilines is 1. The summed E-state index contributed by atoms with van der Waals surface area (Å²) < 4.78 is 0. The highest BCUT2D eigenvalue weighted by molar-refractivity contribution is 7.15. The van der Waals surface area contributed by atoms with Gasteiger partial charge in [0.2, 0.25) is 0 Å². The number of aryl methyl sites for hydroxylation is 1. The number of rotatable bonds is 1. The molecule has 0 aliphatic carbocycles. The van der Waals surface area contributed by atoms with Crippen molar-refractivity contribution < 1.29 is 0 Å². The Balaban J connectivity index is 2.08. The Morgan fingerprint density at radius 1 is 1.43 bits per heavy atom. The average molecular weight is 211 g/mol. The predicted octanol–water partition coefficient (Wildman–Crippen LogP) is 1.84. The fourth-order valence-electron chi connectivity index (χ4n) is 1.86. The number of likely N-dealkylation sites (tertiary alicyclic amines) is 1. The van der Waals surface area contributed by atoms with Gasteiger partial charge in [-0.1, -0.05) is 0 Å². The maximum absolute atomic E-state index is 5.82. The van der Waals surface area contributed by atoms with E-state index < -0.39 is 0 Å². The van der Waals surface area contributed by atoms with E-state index in [1.807, 2.05) is 6.92 Å². The Morgan fingerprint density at radius 2 is 2.07 bits per heavy atom. The molecule has 4 heteroatoms. The molecule has 1 aromatic rings. The van der Waals surface area contributed by atoms with E-state index in [-0.39, 0.29) is 0 Å². The van der Waals surface area contributed by atoms with E-state index in [0.29, 0.717) is 5.92 Å². The van der Waals surface area contributed by atoms with Gasteiger partial charge in [0.1, 0.15) is 5.00 Å². The van der Waals surface area contributed by atoms with Crippen LogP contribution in [0.15, 0.2) is 0 Å². The zero-order valence-electron chi connectivity index (χ0n) is 8.79. The van der Waals surface area contributed by atoms with Crippen LogP contribution in [0.4, 0.5) is 5.00 Å². The van der Waals surface area contributed by atoms with Crippen molar-refractivity contribution >= 4 is 16.3 Å². The van der Waals surface area contributed by atoms with Crippen molar-refractivity contribution in [2.45, 2.75) is 25.7 Å². The first-order valence-corrected chi connectivity index (χ1v) is 5.90. The third-order valence-electron chi connectivity index (χ3n) is 2.92. The van der Waals surface area contributed by atoms with Gasteiger partial charge < -0.3 is 10.6 Å². The van der Waals surface area contributed by atoms with Crippen molar-refractivity contribution in [1.82, 2.24) is 9.88 Å². The van der Waals surface area contributed by atoms with Gasteiger partial charge in [-0.2, -0.15) is 0 Å². The highest BCUT2D eigenvalue weighted by Crippen LogP contribution is 2.33. The van der Waals surface area contributed by atoms with Gasteiger partial charge in [0, 0.05) is 5.92 Å². The summed E-state index contributed by atoms with van der Waals surface area (Å²) in [4.78, 5) is 6.91. The topological polar surface area (TPSA) is 42.2 Å². The van der Waals surface area contributed by atoms with Gasteiger partial charge in [-0.05, 0) is 39.9 Å². The fraction of sp³-hybridized carbons (Fsp3) is 0.700. The van der Waals surface area contributed by atoms with Gasteiger partial charge in [-0.3, -0.25) is 0 Å². The molecule has 0 bridgehead atoms. The number of nitrogen functional groups attached to an aromatic ring is 1. The molecular formula is C10H17N3S. The van der Waals surface area contributed by atoms with Crippen LogP contribution in [0.2, 0.25) is 0 Å². The van der Waals surface area contributed by atoms with Gasteiger partial charge in [-0.15, -0.1) is 11.3 Å². The molecule has 2 N–H and O–H groups in total. The average Bonchev–Trinajstić information content (AvgIpc) is 2.48. The number of hydrogen-bond donors (Lipinski definition) is 1. The molecule has 0 aromatic carbocycles. The molecule has 2 rings (SSSR count). The van der Waals surface area contributed by atoms with E-state index in [1.165, 1.54) is 30.9 Å². The first-order valence-electron chi connectivity index (χ1n) is 5.08. The zero-order valence-corrected chi connectivity index (χ0v) is 9.60. The Hall–Kier alpha value is -0.610. The Morgan fingerprint density at radius 3 is 2.57 bits per heavy atom. The van der Waals surface area contributed by atoms with E-state index in [4.69, 9.17) is 5.73 Å². The molecule has 0 spiro atoms. The third kappa shape index (κ3) is 1.91. The second kappa shape index (κ2) is 3.87. The molecule has 0 radical (unpaired) electrons. The summed E-state index contributed by atoms with van der Waals surface area (Å²) in [7, 11) is 2.18. The van der Waals surface area contributed by atoms with Gasteiger partial charge in [0.25, 0.3) is 0 Å². The molecule has 0 unspecified atom stereocenters. The molecule has 1 aliphatic rings. The maximum Gasteiger partial charge on any atom is 0.109 e. The summed E-state index contributed by atoms with van der Waals surface area (Å²) in [5, 5.41) is 2.13. The third-order valence-corrected chi connectivity index (χ3v) is 4.07. The van der Waals surface area contributed by atoms with E-state index >= 15 is 0 Å². The second-order valence-corrected chi connectivity index (χ2v) is 5.14. The number of hydrogen-bond acceptors (Lipinski definition) is 4. The van der Waals surface area contributed by atoms with Crippen molar-refractivity contribution in [3.8, 4) is 0 Å². The summed E-state index contributed by atoms with van der Waals surface area (Å²) in [5.74, 6) is 0.646. The first kappa shape index (κ1) is 9.93. The van der Waals surface area contributed by atoms with Crippen LogP contribution in [0.1, 0.15) is 29.5 Å². The Labute approximate surface area is 88.9 Å². The molecule has 2 heterocycles. The lowest BCUT2D eigenvalue weighted by atomic mass is 9.98. The molecule has 1 aliphatic heterocycles. The van der Waals surface area contributed by atoms with Crippen LogP contribution in [-0.4, -0.2) is 30.0 Å². The Kier molecular flexibility index (Phi) is 2.74. The molecule has 0 saturated carbocycles. The quantitative estimate of drug-likeness (QED) is 0.770. The van der Waals surface area contributed by atoms with Crippen molar-refractivity contribution in [3.05, 3.63) is 10.7 Å². The standard InChI is InChI=1S/C10H17N3S/c1-7-9(11)14-10(12-7)8-3-5-13(2)6-4-8/h8H,3-6,11H2,1-2H3. The molecule has 0 amide bonds. The molecule has 1 fully saturated rings. The molecule has 0 atom stereocenters. The summed E-state index contributed by atoms with van der Waals surface area (Å²) >= 11 is 1.67. The largest absolute Gasteiger partial charge is 0.389 e. The highest BCUT2D eigenvalue weighted by Gasteiger charge is 2.21. The number of nitrogens with zero attached hydrogens (tertiary/aromatic N) is 2. The minimum absolute atomic E-state index is 0.646. The van der Waals surface area contributed by atoms with E-state index in [2.05, 4.69) is 16.9 Å². The summed E-state index contributed by atoms with van der Waals surface area (Å²) in [5.41, 5.74) is 6.82. The predicted molar refractivity (Wildman–Crippen MR) is 60.7 cm³/mol. The van der Waals surface area contributed by atoms with Crippen LogP contribution in [0.25, 0.3) is 0 Å². The molecule has 3 nitrogen and oxygen atoms in total. The molecule has 1 saturated heterocycles. The fourth-order valence-corrected chi connectivity index (χ4v) is 2.86.